The molecule has 31 heavy (non-hydrogen) atoms. The summed E-state index contributed by atoms with van der Waals surface area (Å²) >= 11 is 0. The first-order chi connectivity index (χ1) is 14.8. The second-order valence-corrected chi connectivity index (χ2v) is 8.07. The molecule has 0 unspecified atom stereocenters. The van der Waals surface area contributed by atoms with Crippen LogP contribution in [0.2, 0.25) is 0 Å². The summed E-state index contributed by atoms with van der Waals surface area (Å²) in [5, 5.41) is 8.39. The highest BCUT2D eigenvalue weighted by atomic mass is 16.2. The Morgan fingerprint density at radius 2 is 1.84 bits per heavy atom. The highest BCUT2D eigenvalue weighted by Gasteiger charge is 2.31. The quantitative estimate of drug-likeness (QED) is 0.591. The van der Waals surface area contributed by atoms with E-state index in [-0.39, 0.29) is 30.2 Å². The van der Waals surface area contributed by atoms with Crippen LogP contribution in [0.5, 0.6) is 0 Å². The van der Waals surface area contributed by atoms with E-state index in [1.807, 2.05) is 49.7 Å². The van der Waals surface area contributed by atoms with Crippen molar-refractivity contribution in [1.29, 1.82) is 0 Å². The number of anilines is 1. The fraction of sp³-hybridized carbons (Fsp3) is 0.304. The van der Waals surface area contributed by atoms with Crippen molar-refractivity contribution in [2.45, 2.75) is 32.4 Å². The summed E-state index contributed by atoms with van der Waals surface area (Å²) in [4.78, 5) is 42.7. The van der Waals surface area contributed by atoms with Crippen LogP contribution in [0.15, 0.2) is 48.5 Å². The molecule has 0 spiro atoms. The molecule has 1 aromatic heterocycles. The summed E-state index contributed by atoms with van der Waals surface area (Å²) in [5.74, 6) is -0.329. The third-order valence-corrected chi connectivity index (χ3v) is 5.52. The molecule has 1 aliphatic rings. The Morgan fingerprint density at radius 3 is 2.58 bits per heavy atom. The van der Waals surface area contributed by atoms with Crippen LogP contribution in [0.3, 0.4) is 0 Å². The number of aromatic nitrogens is 2. The predicted molar refractivity (Wildman–Crippen MR) is 117 cm³/mol. The van der Waals surface area contributed by atoms with Crippen LogP contribution in [0.4, 0.5) is 5.69 Å². The number of hydrogen-bond donors (Lipinski definition) is 3. The Bertz CT molecular complexity index is 1170. The molecule has 2 atom stereocenters. The van der Waals surface area contributed by atoms with E-state index in [0.717, 1.165) is 16.9 Å². The Balaban J connectivity index is 1.52. The number of aryl methyl sites for hydroxylation is 1. The van der Waals surface area contributed by atoms with Gasteiger partial charge in [0, 0.05) is 7.05 Å². The molecule has 0 saturated carbocycles. The summed E-state index contributed by atoms with van der Waals surface area (Å²) in [6, 6.07) is 13.2. The standard InChI is InChI=1S/C23H25N5O3/c1-13(2)20(21-24-16-10-6-7-11-18(16)28(21)3)27-19(29)12-17-23(31)25-15-9-5-4-8-14(15)22(30)26-17/h4-11,13,17,20H,12H2,1-3H3,(H,25,31)(H,26,30)(H,27,29)/t17-,20+/m1/s1. The summed E-state index contributed by atoms with van der Waals surface area (Å²) in [7, 11) is 1.92. The normalized spacial score (nSPS) is 17.0. The van der Waals surface area contributed by atoms with E-state index in [9.17, 15) is 14.4 Å². The molecule has 2 heterocycles. The molecule has 8 nitrogen and oxygen atoms in total. The van der Waals surface area contributed by atoms with Gasteiger partial charge in [-0.2, -0.15) is 0 Å². The van der Waals surface area contributed by atoms with Gasteiger partial charge in [0.15, 0.2) is 0 Å². The molecule has 0 fully saturated rings. The second kappa shape index (κ2) is 8.22. The Hall–Kier alpha value is -3.68. The van der Waals surface area contributed by atoms with Gasteiger partial charge in [-0.3, -0.25) is 14.4 Å². The van der Waals surface area contributed by atoms with E-state index < -0.39 is 11.9 Å². The van der Waals surface area contributed by atoms with E-state index in [4.69, 9.17) is 4.98 Å². The first kappa shape index (κ1) is 20.6. The fourth-order valence-corrected chi connectivity index (χ4v) is 3.84. The first-order valence-corrected chi connectivity index (χ1v) is 10.3. The van der Waals surface area contributed by atoms with Crippen molar-refractivity contribution in [3.63, 3.8) is 0 Å². The van der Waals surface area contributed by atoms with Gasteiger partial charge in [-0.05, 0) is 30.2 Å². The molecule has 0 saturated heterocycles. The third-order valence-electron chi connectivity index (χ3n) is 5.52. The smallest absolute Gasteiger partial charge is 0.254 e. The lowest BCUT2D eigenvalue weighted by Crippen LogP contribution is -2.45. The number of nitrogens with one attached hydrogen (secondary N) is 3. The van der Waals surface area contributed by atoms with Gasteiger partial charge >= 0.3 is 0 Å². The summed E-state index contributed by atoms with van der Waals surface area (Å²) in [5.41, 5.74) is 2.64. The molecular formula is C23H25N5O3. The number of amides is 3. The largest absolute Gasteiger partial charge is 0.346 e. The van der Waals surface area contributed by atoms with Gasteiger partial charge in [-0.1, -0.05) is 38.1 Å². The van der Waals surface area contributed by atoms with Crippen molar-refractivity contribution in [2.75, 3.05) is 5.32 Å². The van der Waals surface area contributed by atoms with Crippen LogP contribution in [0.25, 0.3) is 11.0 Å². The lowest BCUT2D eigenvalue weighted by molar-refractivity contribution is -0.126. The maximum absolute atomic E-state index is 12.9. The van der Waals surface area contributed by atoms with Crippen molar-refractivity contribution in [3.8, 4) is 0 Å². The first-order valence-electron chi connectivity index (χ1n) is 10.3. The zero-order chi connectivity index (χ0) is 22.1. The van der Waals surface area contributed by atoms with Gasteiger partial charge < -0.3 is 20.5 Å². The number of fused-ring (bicyclic) bond motifs is 2. The van der Waals surface area contributed by atoms with Crippen LogP contribution in [-0.4, -0.2) is 33.3 Å². The number of para-hydroxylation sites is 3. The zero-order valence-corrected chi connectivity index (χ0v) is 17.7. The number of hydrogen-bond acceptors (Lipinski definition) is 4. The van der Waals surface area contributed by atoms with E-state index >= 15 is 0 Å². The monoisotopic (exact) mass is 419 g/mol. The summed E-state index contributed by atoms with van der Waals surface area (Å²) < 4.78 is 1.97. The van der Waals surface area contributed by atoms with E-state index in [2.05, 4.69) is 16.0 Å². The molecule has 0 radical (unpaired) electrons. The van der Waals surface area contributed by atoms with Crippen molar-refractivity contribution < 1.29 is 14.4 Å². The minimum Gasteiger partial charge on any atom is -0.346 e. The molecule has 0 aliphatic carbocycles. The van der Waals surface area contributed by atoms with Gasteiger partial charge in [-0.25, -0.2) is 4.98 Å². The molecule has 160 valence electrons. The molecule has 3 N–H and O–H groups in total. The van der Waals surface area contributed by atoms with Gasteiger partial charge in [0.2, 0.25) is 11.8 Å². The van der Waals surface area contributed by atoms with Crippen LogP contribution in [-0.2, 0) is 16.6 Å². The third kappa shape index (κ3) is 4.01. The number of nitrogens with zero attached hydrogens (tertiary/aromatic N) is 2. The van der Waals surface area contributed by atoms with Crippen LogP contribution in [0, 0.1) is 5.92 Å². The average Bonchev–Trinajstić information content (AvgIpc) is 3.02. The SMILES string of the molecule is CC(C)[C@H](NC(=O)C[C@H]1NC(=O)c2ccccc2NC1=O)c1nc2ccccc2n1C. The van der Waals surface area contributed by atoms with E-state index in [1.54, 1.807) is 24.3 Å². The maximum atomic E-state index is 12.9. The Kier molecular flexibility index (Phi) is 5.46. The van der Waals surface area contributed by atoms with Crippen molar-refractivity contribution in [3.05, 3.63) is 59.9 Å². The minimum absolute atomic E-state index is 0.0706. The molecule has 3 amide bonds. The second-order valence-electron chi connectivity index (χ2n) is 8.07. The number of imidazole rings is 1. The maximum Gasteiger partial charge on any atom is 0.254 e. The molecule has 2 aromatic carbocycles. The summed E-state index contributed by atoms with van der Waals surface area (Å²) in [6.07, 6.45) is -0.168. The molecule has 3 aromatic rings. The number of carbonyl (C=O) groups is 3. The Morgan fingerprint density at radius 1 is 1.13 bits per heavy atom. The van der Waals surface area contributed by atoms with Gasteiger partial charge in [-0.15, -0.1) is 0 Å². The number of rotatable bonds is 5. The van der Waals surface area contributed by atoms with Crippen molar-refractivity contribution in [2.24, 2.45) is 13.0 Å². The van der Waals surface area contributed by atoms with Crippen LogP contribution < -0.4 is 16.0 Å². The number of benzene rings is 2. The molecular weight excluding hydrogens is 394 g/mol. The highest BCUT2D eigenvalue weighted by molar-refractivity contribution is 6.10. The van der Waals surface area contributed by atoms with Crippen molar-refractivity contribution >= 4 is 34.4 Å². The topological polar surface area (TPSA) is 105 Å². The molecule has 8 heteroatoms. The lowest BCUT2D eigenvalue weighted by Gasteiger charge is -2.23. The van der Waals surface area contributed by atoms with Crippen molar-refractivity contribution in [1.82, 2.24) is 20.2 Å². The molecule has 4 rings (SSSR count). The number of carbonyl (C=O) groups excluding carboxylic acids is 3. The van der Waals surface area contributed by atoms with Crippen LogP contribution in [0.1, 0.15) is 42.5 Å². The Labute approximate surface area is 180 Å². The van der Waals surface area contributed by atoms with Gasteiger partial charge in [0.25, 0.3) is 5.91 Å². The van der Waals surface area contributed by atoms with Crippen LogP contribution >= 0.6 is 0 Å². The molecule has 0 bridgehead atoms. The highest BCUT2D eigenvalue weighted by Crippen LogP contribution is 2.25. The van der Waals surface area contributed by atoms with E-state index in [1.165, 1.54) is 0 Å². The lowest BCUT2D eigenvalue weighted by atomic mass is 10.0. The average molecular weight is 419 g/mol. The predicted octanol–water partition coefficient (Wildman–Crippen LogP) is 2.53. The van der Waals surface area contributed by atoms with E-state index in [0.29, 0.717) is 11.3 Å². The summed E-state index contributed by atoms with van der Waals surface area (Å²) in [6.45, 7) is 4.00. The zero-order valence-electron chi connectivity index (χ0n) is 17.7. The minimum atomic E-state index is -0.965. The van der Waals surface area contributed by atoms with Gasteiger partial charge in [0.05, 0.1) is 34.7 Å². The molecule has 1 aliphatic heterocycles. The fourth-order valence-electron chi connectivity index (χ4n) is 3.84. The van der Waals surface area contributed by atoms with Gasteiger partial charge in [0.1, 0.15) is 11.9 Å².